The summed E-state index contributed by atoms with van der Waals surface area (Å²) in [5.41, 5.74) is 7.54. The molecule has 0 radical (unpaired) electrons. The highest BCUT2D eigenvalue weighted by atomic mass is 16.1. The van der Waals surface area contributed by atoms with Gasteiger partial charge in [-0.15, -0.1) is 0 Å². The van der Waals surface area contributed by atoms with Gasteiger partial charge in [0.1, 0.15) is 0 Å². The Morgan fingerprint density at radius 1 is 1.50 bits per heavy atom. The molecule has 2 rings (SSSR count). The monoisotopic (exact) mass is 275 g/mol. The largest absolute Gasteiger partial charge is 0.352 e. The molecule has 0 aliphatic heterocycles. The van der Waals surface area contributed by atoms with Crippen molar-refractivity contribution in [3.63, 3.8) is 0 Å². The first-order valence-electron chi connectivity index (χ1n) is 6.87. The molecule has 0 aliphatic rings. The van der Waals surface area contributed by atoms with E-state index in [0.29, 0.717) is 24.3 Å². The number of amides is 1. The molecule has 2 aromatic rings. The van der Waals surface area contributed by atoms with Crippen LogP contribution in [0, 0.1) is 6.92 Å². The van der Waals surface area contributed by atoms with Gasteiger partial charge in [0.05, 0.1) is 17.5 Å². The fourth-order valence-electron chi connectivity index (χ4n) is 2.07. The molecule has 0 unspecified atom stereocenters. The molecule has 6 nitrogen and oxygen atoms in total. The number of aromatic nitrogens is 3. The molecule has 1 amide bonds. The van der Waals surface area contributed by atoms with E-state index in [-0.39, 0.29) is 11.9 Å². The third-order valence-electron chi connectivity index (χ3n) is 3.16. The predicted molar refractivity (Wildman–Crippen MR) is 78.7 cm³/mol. The summed E-state index contributed by atoms with van der Waals surface area (Å²) in [6, 6.07) is 2.09. The van der Waals surface area contributed by atoms with Crippen LogP contribution in [0.2, 0.25) is 0 Å². The summed E-state index contributed by atoms with van der Waals surface area (Å²) in [4.78, 5) is 16.6. The molecule has 0 saturated heterocycles. The zero-order chi connectivity index (χ0) is 14.7. The number of aryl methyl sites for hydroxylation is 1. The van der Waals surface area contributed by atoms with Crippen molar-refractivity contribution in [2.24, 2.45) is 5.73 Å². The van der Waals surface area contributed by atoms with Gasteiger partial charge in [0.15, 0.2) is 5.65 Å². The van der Waals surface area contributed by atoms with Crippen LogP contribution in [0.25, 0.3) is 11.0 Å². The van der Waals surface area contributed by atoms with Crippen LogP contribution in [0.5, 0.6) is 0 Å². The summed E-state index contributed by atoms with van der Waals surface area (Å²) in [6.07, 6.45) is 2.52. The number of nitrogens with one attached hydrogen (secondary N) is 1. The standard InChI is InChI=1S/C14H21N5O/c1-9(2)19-13-11(8-17-19)7-12(10(3)18-13)14(20)16-6-4-5-15/h7-9H,4-6,15H2,1-3H3,(H,16,20). The Balaban J connectivity index is 2.32. The first-order chi connectivity index (χ1) is 9.54. The van der Waals surface area contributed by atoms with E-state index in [9.17, 15) is 4.79 Å². The summed E-state index contributed by atoms with van der Waals surface area (Å²) in [5.74, 6) is -0.109. The molecule has 0 bridgehead atoms. The van der Waals surface area contributed by atoms with E-state index in [1.165, 1.54) is 0 Å². The van der Waals surface area contributed by atoms with Crippen molar-refractivity contribution in [2.45, 2.75) is 33.2 Å². The van der Waals surface area contributed by atoms with Gasteiger partial charge in [-0.1, -0.05) is 0 Å². The molecule has 20 heavy (non-hydrogen) atoms. The predicted octanol–water partition coefficient (Wildman–Crippen LogP) is 1.40. The lowest BCUT2D eigenvalue weighted by atomic mass is 10.1. The second kappa shape index (κ2) is 6.00. The smallest absolute Gasteiger partial charge is 0.253 e. The topological polar surface area (TPSA) is 85.8 Å². The molecule has 0 aromatic carbocycles. The molecule has 3 N–H and O–H groups in total. The maximum absolute atomic E-state index is 12.1. The molecule has 0 saturated carbocycles. The highest BCUT2D eigenvalue weighted by molar-refractivity contribution is 5.98. The van der Waals surface area contributed by atoms with Gasteiger partial charge in [-0.3, -0.25) is 4.79 Å². The Bertz CT molecular complexity index is 617. The zero-order valence-corrected chi connectivity index (χ0v) is 12.2. The van der Waals surface area contributed by atoms with E-state index < -0.39 is 0 Å². The minimum absolute atomic E-state index is 0.109. The van der Waals surface area contributed by atoms with E-state index in [1.54, 1.807) is 6.20 Å². The van der Waals surface area contributed by atoms with Gasteiger partial charge in [-0.2, -0.15) is 5.10 Å². The molecule has 6 heteroatoms. The van der Waals surface area contributed by atoms with Crippen LogP contribution in [0.1, 0.15) is 42.4 Å². The van der Waals surface area contributed by atoms with Crippen molar-refractivity contribution in [3.8, 4) is 0 Å². The van der Waals surface area contributed by atoms with Crippen molar-refractivity contribution in [3.05, 3.63) is 23.5 Å². The molecular formula is C14H21N5O. The van der Waals surface area contributed by atoms with Gasteiger partial charge in [-0.25, -0.2) is 9.67 Å². The molecule has 0 aliphatic carbocycles. The molecule has 108 valence electrons. The number of fused-ring (bicyclic) bond motifs is 1. The fourth-order valence-corrected chi connectivity index (χ4v) is 2.07. The zero-order valence-electron chi connectivity index (χ0n) is 12.2. The Morgan fingerprint density at radius 2 is 2.25 bits per heavy atom. The van der Waals surface area contributed by atoms with Crippen molar-refractivity contribution in [1.29, 1.82) is 0 Å². The molecular weight excluding hydrogens is 254 g/mol. The lowest BCUT2D eigenvalue weighted by Gasteiger charge is -2.09. The lowest BCUT2D eigenvalue weighted by Crippen LogP contribution is -2.26. The lowest BCUT2D eigenvalue weighted by molar-refractivity contribution is 0.0952. The van der Waals surface area contributed by atoms with E-state index in [0.717, 1.165) is 17.5 Å². The Hall–Kier alpha value is -1.95. The van der Waals surface area contributed by atoms with Gasteiger partial charge < -0.3 is 11.1 Å². The van der Waals surface area contributed by atoms with E-state index in [4.69, 9.17) is 5.73 Å². The van der Waals surface area contributed by atoms with E-state index in [1.807, 2.05) is 17.7 Å². The summed E-state index contributed by atoms with van der Waals surface area (Å²) >= 11 is 0. The number of hydrogen-bond acceptors (Lipinski definition) is 4. The number of carbonyl (C=O) groups excluding carboxylic acids is 1. The van der Waals surface area contributed by atoms with Gasteiger partial charge in [0.2, 0.25) is 0 Å². The molecule has 0 atom stereocenters. The van der Waals surface area contributed by atoms with E-state index >= 15 is 0 Å². The average molecular weight is 275 g/mol. The third kappa shape index (κ3) is 2.80. The number of hydrogen-bond donors (Lipinski definition) is 2. The van der Waals surface area contributed by atoms with Crippen molar-refractivity contribution in [1.82, 2.24) is 20.1 Å². The van der Waals surface area contributed by atoms with Crippen molar-refractivity contribution >= 4 is 16.9 Å². The van der Waals surface area contributed by atoms with Gasteiger partial charge >= 0.3 is 0 Å². The maximum Gasteiger partial charge on any atom is 0.253 e. The van der Waals surface area contributed by atoms with Crippen LogP contribution >= 0.6 is 0 Å². The highest BCUT2D eigenvalue weighted by Crippen LogP contribution is 2.19. The average Bonchev–Trinajstić information content (AvgIpc) is 2.80. The van der Waals surface area contributed by atoms with Crippen LogP contribution < -0.4 is 11.1 Å². The minimum Gasteiger partial charge on any atom is -0.352 e. The molecule has 2 heterocycles. The highest BCUT2D eigenvalue weighted by Gasteiger charge is 2.14. The maximum atomic E-state index is 12.1. The Labute approximate surface area is 118 Å². The Kier molecular flexibility index (Phi) is 4.34. The third-order valence-corrected chi connectivity index (χ3v) is 3.16. The number of nitrogens with zero attached hydrogens (tertiary/aromatic N) is 3. The van der Waals surface area contributed by atoms with E-state index in [2.05, 4.69) is 29.2 Å². The molecule has 0 fully saturated rings. The van der Waals surface area contributed by atoms with Gasteiger partial charge in [0, 0.05) is 18.0 Å². The van der Waals surface area contributed by atoms with Crippen LogP contribution in [0.4, 0.5) is 0 Å². The normalized spacial score (nSPS) is 11.2. The summed E-state index contributed by atoms with van der Waals surface area (Å²) < 4.78 is 1.86. The minimum atomic E-state index is -0.109. The first-order valence-corrected chi connectivity index (χ1v) is 6.87. The second-order valence-electron chi connectivity index (χ2n) is 5.12. The van der Waals surface area contributed by atoms with Crippen molar-refractivity contribution < 1.29 is 4.79 Å². The SMILES string of the molecule is Cc1nc2c(cnn2C(C)C)cc1C(=O)NCCCN. The number of nitrogens with two attached hydrogens (primary N) is 1. The quantitative estimate of drug-likeness (QED) is 0.808. The molecule has 0 spiro atoms. The van der Waals surface area contributed by atoms with Crippen molar-refractivity contribution in [2.75, 3.05) is 13.1 Å². The molecule has 2 aromatic heterocycles. The summed E-state index contributed by atoms with van der Waals surface area (Å²) in [7, 11) is 0. The van der Waals surface area contributed by atoms with Crippen LogP contribution in [-0.2, 0) is 0 Å². The fraction of sp³-hybridized carbons (Fsp3) is 0.500. The van der Waals surface area contributed by atoms with Crippen LogP contribution in [0.15, 0.2) is 12.3 Å². The Morgan fingerprint density at radius 3 is 2.90 bits per heavy atom. The van der Waals surface area contributed by atoms with Gasteiger partial charge in [0.25, 0.3) is 5.91 Å². The first kappa shape index (κ1) is 14.5. The van der Waals surface area contributed by atoms with Crippen LogP contribution in [0.3, 0.4) is 0 Å². The second-order valence-corrected chi connectivity index (χ2v) is 5.12. The summed E-state index contributed by atoms with van der Waals surface area (Å²) in [5, 5.41) is 8.05. The number of rotatable bonds is 5. The van der Waals surface area contributed by atoms with Crippen LogP contribution in [-0.4, -0.2) is 33.8 Å². The number of carbonyl (C=O) groups is 1. The van der Waals surface area contributed by atoms with Gasteiger partial charge in [-0.05, 0) is 39.8 Å². The summed E-state index contributed by atoms with van der Waals surface area (Å²) in [6.45, 7) is 7.10. The number of pyridine rings is 1.